The second kappa shape index (κ2) is 7.52. The molecular weight excluding hydrogens is 374 g/mol. The van der Waals surface area contributed by atoms with Gasteiger partial charge in [0.2, 0.25) is 11.5 Å². The predicted molar refractivity (Wildman–Crippen MR) is 112 cm³/mol. The number of carbonyl (C=O) groups excluding carboxylic acids is 1. The fourth-order valence-electron chi connectivity index (χ4n) is 3.07. The number of thioether (sulfide) groups is 1. The van der Waals surface area contributed by atoms with Gasteiger partial charge in [-0.25, -0.2) is 4.98 Å². The van der Waals surface area contributed by atoms with E-state index in [2.05, 4.69) is 10.3 Å². The number of nitrogens with zero attached hydrogens (tertiary/aromatic N) is 2. The van der Waals surface area contributed by atoms with Crippen molar-refractivity contribution in [3.63, 3.8) is 0 Å². The first-order valence-electron chi connectivity index (χ1n) is 8.99. The Morgan fingerprint density at radius 2 is 1.93 bits per heavy atom. The molecule has 28 heavy (non-hydrogen) atoms. The van der Waals surface area contributed by atoms with Crippen molar-refractivity contribution in [1.29, 1.82) is 0 Å². The number of para-hydroxylation sites is 2. The first kappa shape index (κ1) is 18.3. The summed E-state index contributed by atoms with van der Waals surface area (Å²) in [5, 5.41) is 4.20. The van der Waals surface area contributed by atoms with Crippen LogP contribution in [0.1, 0.15) is 12.5 Å². The van der Waals surface area contributed by atoms with Crippen molar-refractivity contribution in [2.45, 2.75) is 25.5 Å². The molecule has 4 rings (SSSR count). The molecule has 1 N–H and O–H groups in total. The van der Waals surface area contributed by atoms with Gasteiger partial charge >= 0.3 is 0 Å². The zero-order chi connectivity index (χ0) is 19.7. The third-order valence-electron chi connectivity index (χ3n) is 4.51. The lowest BCUT2D eigenvalue weighted by Crippen LogP contribution is -2.23. The summed E-state index contributed by atoms with van der Waals surface area (Å²) in [4.78, 5) is 29.9. The molecule has 142 valence electrons. The minimum Gasteiger partial charge on any atom is -0.448 e. The molecule has 0 bridgehead atoms. The van der Waals surface area contributed by atoms with Gasteiger partial charge in [-0.05, 0) is 37.6 Å². The first-order chi connectivity index (χ1) is 13.6. The Kier molecular flexibility index (Phi) is 4.92. The van der Waals surface area contributed by atoms with Crippen molar-refractivity contribution in [3.05, 3.63) is 64.4 Å². The highest BCUT2D eigenvalue weighted by Gasteiger charge is 2.17. The van der Waals surface area contributed by atoms with Crippen LogP contribution in [-0.2, 0) is 11.3 Å². The summed E-state index contributed by atoms with van der Waals surface area (Å²) in [5.41, 5.74) is 2.96. The van der Waals surface area contributed by atoms with Crippen LogP contribution in [0.15, 0.2) is 62.9 Å². The summed E-state index contributed by atoms with van der Waals surface area (Å²) < 4.78 is 7.25. The van der Waals surface area contributed by atoms with Crippen LogP contribution in [0.4, 0.5) is 5.69 Å². The van der Waals surface area contributed by atoms with Gasteiger partial charge in [0.15, 0.2) is 5.16 Å². The summed E-state index contributed by atoms with van der Waals surface area (Å²) in [6.07, 6.45) is 0. The highest BCUT2D eigenvalue weighted by atomic mass is 32.2. The molecule has 0 atom stereocenters. The minimum absolute atomic E-state index is 0.145. The van der Waals surface area contributed by atoms with E-state index in [1.807, 2.05) is 62.4 Å². The molecule has 0 radical (unpaired) electrons. The van der Waals surface area contributed by atoms with E-state index in [0.717, 1.165) is 16.6 Å². The van der Waals surface area contributed by atoms with Crippen LogP contribution in [0.2, 0.25) is 0 Å². The van der Waals surface area contributed by atoms with Crippen molar-refractivity contribution < 1.29 is 9.21 Å². The smallest absolute Gasteiger partial charge is 0.297 e. The number of benzene rings is 2. The topological polar surface area (TPSA) is 77.1 Å². The number of nitrogens with one attached hydrogen (secondary N) is 1. The van der Waals surface area contributed by atoms with E-state index < -0.39 is 0 Å². The van der Waals surface area contributed by atoms with Gasteiger partial charge in [0.1, 0.15) is 11.1 Å². The molecule has 0 aliphatic carbocycles. The lowest BCUT2D eigenvalue weighted by Gasteiger charge is -2.10. The standard InChI is InChI=1S/C21H19N3O3S/c1-3-24-20(26)19-18(14-9-5-7-11-16(14)27-19)23-21(24)28-12-17(25)22-15-10-6-4-8-13(15)2/h4-11H,3,12H2,1-2H3,(H,22,25). The van der Waals surface area contributed by atoms with E-state index in [1.54, 1.807) is 0 Å². The molecule has 0 fully saturated rings. The SMILES string of the molecule is CCn1c(SCC(=O)Nc2ccccc2C)nc2c(oc3ccccc32)c1=O. The number of furan rings is 1. The number of rotatable bonds is 5. The summed E-state index contributed by atoms with van der Waals surface area (Å²) in [6.45, 7) is 4.26. The van der Waals surface area contributed by atoms with Gasteiger partial charge < -0.3 is 9.73 Å². The molecule has 4 aromatic rings. The number of aromatic nitrogens is 2. The van der Waals surface area contributed by atoms with Crippen molar-refractivity contribution in [1.82, 2.24) is 9.55 Å². The Labute approximate surface area is 165 Å². The fraction of sp³-hybridized carbons (Fsp3) is 0.190. The summed E-state index contributed by atoms with van der Waals surface area (Å²) in [7, 11) is 0. The molecule has 2 heterocycles. The number of carbonyl (C=O) groups is 1. The fourth-order valence-corrected chi connectivity index (χ4v) is 3.93. The Balaban J connectivity index is 1.64. The van der Waals surface area contributed by atoms with Crippen LogP contribution >= 0.6 is 11.8 Å². The average Bonchev–Trinajstić information content (AvgIpc) is 3.07. The lowest BCUT2D eigenvalue weighted by molar-refractivity contribution is -0.113. The lowest BCUT2D eigenvalue weighted by atomic mass is 10.2. The second-order valence-corrected chi connectivity index (χ2v) is 7.31. The number of anilines is 1. The molecule has 0 unspecified atom stereocenters. The Bertz CT molecular complexity index is 1240. The normalized spacial score (nSPS) is 11.2. The summed E-state index contributed by atoms with van der Waals surface area (Å²) in [5.74, 6) is 0.00978. The molecule has 0 saturated carbocycles. The van der Waals surface area contributed by atoms with E-state index >= 15 is 0 Å². The van der Waals surface area contributed by atoms with Crippen molar-refractivity contribution in [3.8, 4) is 0 Å². The van der Waals surface area contributed by atoms with Crippen LogP contribution in [0, 0.1) is 6.92 Å². The van der Waals surface area contributed by atoms with E-state index in [0.29, 0.717) is 22.8 Å². The Morgan fingerprint density at radius 1 is 1.18 bits per heavy atom. The number of aryl methyl sites for hydroxylation is 1. The molecule has 2 aromatic carbocycles. The van der Waals surface area contributed by atoms with E-state index in [9.17, 15) is 9.59 Å². The van der Waals surface area contributed by atoms with Crippen LogP contribution < -0.4 is 10.9 Å². The van der Waals surface area contributed by atoms with Crippen molar-refractivity contribution >= 4 is 45.4 Å². The van der Waals surface area contributed by atoms with Crippen molar-refractivity contribution in [2.75, 3.05) is 11.1 Å². The third kappa shape index (κ3) is 3.29. The maximum Gasteiger partial charge on any atom is 0.297 e. The van der Waals surface area contributed by atoms with Crippen LogP contribution in [0.3, 0.4) is 0 Å². The van der Waals surface area contributed by atoms with Crippen LogP contribution in [-0.4, -0.2) is 21.2 Å². The highest BCUT2D eigenvalue weighted by molar-refractivity contribution is 7.99. The Hall–Kier alpha value is -3.06. The number of hydrogen-bond acceptors (Lipinski definition) is 5. The number of fused-ring (bicyclic) bond motifs is 3. The van der Waals surface area contributed by atoms with Crippen molar-refractivity contribution in [2.24, 2.45) is 0 Å². The van der Waals surface area contributed by atoms with Crippen LogP contribution in [0.25, 0.3) is 22.1 Å². The van der Waals surface area contributed by atoms with Gasteiger partial charge in [-0.3, -0.25) is 14.2 Å². The van der Waals surface area contributed by atoms with Gasteiger partial charge in [0.05, 0.1) is 5.75 Å². The molecule has 7 heteroatoms. The van der Waals surface area contributed by atoms with Gasteiger partial charge in [0, 0.05) is 17.6 Å². The van der Waals surface area contributed by atoms with Crippen LogP contribution in [0.5, 0.6) is 0 Å². The Morgan fingerprint density at radius 3 is 2.71 bits per heavy atom. The highest BCUT2D eigenvalue weighted by Crippen LogP contribution is 2.27. The molecule has 0 aliphatic heterocycles. The molecular formula is C21H19N3O3S. The molecule has 2 aromatic heterocycles. The number of amides is 1. The van der Waals surface area contributed by atoms with Gasteiger partial charge in [-0.2, -0.15) is 0 Å². The van der Waals surface area contributed by atoms with E-state index in [1.165, 1.54) is 16.3 Å². The van der Waals surface area contributed by atoms with E-state index in [-0.39, 0.29) is 22.8 Å². The molecule has 0 spiro atoms. The average molecular weight is 393 g/mol. The summed E-state index contributed by atoms with van der Waals surface area (Å²) in [6, 6.07) is 15.0. The molecule has 1 amide bonds. The minimum atomic E-state index is -0.231. The maximum absolute atomic E-state index is 12.8. The predicted octanol–water partition coefficient (Wildman–Crippen LogP) is 4.20. The van der Waals surface area contributed by atoms with Gasteiger partial charge in [-0.1, -0.05) is 42.1 Å². The zero-order valence-electron chi connectivity index (χ0n) is 15.6. The second-order valence-electron chi connectivity index (χ2n) is 6.37. The first-order valence-corrected chi connectivity index (χ1v) is 9.97. The molecule has 0 saturated heterocycles. The van der Waals surface area contributed by atoms with Gasteiger partial charge in [0.25, 0.3) is 5.56 Å². The zero-order valence-corrected chi connectivity index (χ0v) is 16.4. The summed E-state index contributed by atoms with van der Waals surface area (Å²) >= 11 is 1.24. The molecule has 0 aliphatic rings. The van der Waals surface area contributed by atoms with E-state index in [4.69, 9.17) is 4.42 Å². The largest absolute Gasteiger partial charge is 0.448 e. The quantitative estimate of drug-likeness (QED) is 0.406. The third-order valence-corrected chi connectivity index (χ3v) is 5.49. The number of hydrogen-bond donors (Lipinski definition) is 1. The van der Waals surface area contributed by atoms with Gasteiger partial charge in [-0.15, -0.1) is 0 Å². The monoisotopic (exact) mass is 393 g/mol. The maximum atomic E-state index is 12.8. The molecule has 6 nitrogen and oxygen atoms in total.